The van der Waals surface area contributed by atoms with E-state index in [1.54, 1.807) is 18.3 Å². The summed E-state index contributed by atoms with van der Waals surface area (Å²) >= 11 is 0. The number of hydrogen-bond donors (Lipinski definition) is 0. The Labute approximate surface area is 169 Å². The number of pyridine rings is 2. The van der Waals surface area contributed by atoms with Gasteiger partial charge in [-0.3, -0.25) is 0 Å². The van der Waals surface area contributed by atoms with E-state index in [9.17, 15) is 14.0 Å². The smallest absolute Gasteiger partial charge is 0.213 e. The molecular formula is C22H13F2N5O. The van der Waals surface area contributed by atoms with Crippen LogP contribution in [-0.2, 0) is 6.54 Å². The second-order valence-corrected chi connectivity index (χ2v) is 6.73. The number of fused-ring (bicyclic) bond motifs is 2. The number of benzene rings is 1. The molecule has 0 atom stereocenters. The topological polar surface area (TPSA) is 76.6 Å². The summed E-state index contributed by atoms with van der Waals surface area (Å²) in [6.07, 6.45) is 7.25. The molecule has 4 aromatic rings. The zero-order valence-corrected chi connectivity index (χ0v) is 15.7. The van der Waals surface area contributed by atoms with Crippen LogP contribution in [0.15, 0.2) is 48.7 Å². The molecule has 0 saturated heterocycles. The quantitative estimate of drug-likeness (QED) is 0.514. The maximum Gasteiger partial charge on any atom is 0.213 e. The number of hydrogen-bond acceptors (Lipinski definition) is 5. The Morgan fingerprint density at radius 3 is 2.70 bits per heavy atom. The Bertz CT molecular complexity index is 1450. The molecule has 0 amide bonds. The van der Waals surface area contributed by atoms with Crippen LogP contribution in [0.4, 0.5) is 8.78 Å². The molecule has 0 radical (unpaired) electrons. The zero-order chi connectivity index (χ0) is 20.8. The highest BCUT2D eigenvalue weighted by atomic mass is 19.2. The summed E-state index contributed by atoms with van der Waals surface area (Å²) in [7, 11) is 1.41. The van der Waals surface area contributed by atoms with Gasteiger partial charge < -0.3 is 9.30 Å². The van der Waals surface area contributed by atoms with Crippen molar-refractivity contribution in [3.05, 3.63) is 77.3 Å². The van der Waals surface area contributed by atoms with E-state index >= 15 is 0 Å². The van der Waals surface area contributed by atoms with Gasteiger partial charge in [0.15, 0.2) is 17.3 Å². The molecule has 0 saturated carbocycles. The molecule has 0 fully saturated rings. The van der Waals surface area contributed by atoms with Crippen LogP contribution in [0.3, 0.4) is 0 Å². The Hall–Kier alpha value is -4.12. The average Bonchev–Trinajstić information content (AvgIpc) is 3.07. The lowest BCUT2D eigenvalue weighted by Crippen LogP contribution is -2.08. The lowest BCUT2D eigenvalue weighted by atomic mass is 10.1. The molecule has 0 bridgehead atoms. The molecular weight excluding hydrogens is 388 g/mol. The van der Waals surface area contributed by atoms with Crippen molar-refractivity contribution in [2.45, 2.75) is 6.54 Å². The Kier molecular flexibility index (Phi) is 4.03. The number of nitrogens with zero attached hydrogens (tertiary/aromatic N) is 5. The van der Waals surface area contributed by atoms with Crippen LogP contribution in [-0.4, -0.2) is 26.6 Å². The van der Waals surface area contributed by atoms with E-state index < -0.39 is 11.6 Å². The fourth-order valence-corrected chi connectivity index (χ4v) is 3.50. The van der Waals surface area contributed by atoms with Gasteiger partial charge in [0.05, 0.1) is 19.2 Å². The van der Waals surface area contributed by atoms with Gasteiger partial charge in [0.1, 0.15) is 22.9 Å². The third-order valence-electron chi connectivity index (χ3n) is 5.04. The van der Waals surface area contributed by atoms with Crippen LogP contribution >= 0.6 is 0 Å². The molecule has 3 heterocycles. The number of ether oxygens (including phenoxy) is 1. The van der Waals surface area contributed by atoms with E-state index in [-0.39, 0.29) is 17.9 Å². The lowest BCUT2D eigenvalue weighted by molar-refractivity contribution is 0.398. The molecule has 0 spiro atoms. The fourth-order valence-electron chi connectivity index (χ4n) is 3.50. The fraction of sp³-hybridized carbons (Fsp3) is 0.0909. The molecule has 0 N–H and O–H groups in total. The number of aromatic nitrogens is 4. The van der Waals surface area contributed by atoms with Crippen molar-refractivity contribution in [3.63, 3.8) is 0 Å². The first-order valence-corrected chi connectivity index (χ1v) is 9.06. The van der Waals surface area contributed by atoms with Gasteiger partial charge in [-0.05, 0) is 23.8 Å². The van der Waals surface area contributed by atoms with Crippen molar-refractivity contribution in [2.24, 2.45) is 0 Å². The van der Waals surface area contributed by atoms with Crippen LogP contribution in [0.1, 0.15) is 17.0 Å². The SMILES string of the molecule is COc1cc(Cn2c(C3=CC=C3)nc3c(C#N)ccnc32)c2ccc(F)c(F)c2n1. The minimum Gasteiger partial charge on any atom is -0.481 e. The second-order valence-electron chi connectivity index (χ2n) is 6.73. The summed E-state index contributed by atoms with van der Waals surface area (Å²) in [5.74, 6) is -1.21. The van der Waals surface area contributed by atoms with Crippen molar-refractivity contribution >= 4 is 27.6 Å². The molecule has 6 nitrogen and oxygen atoms in total. The highest BCUT2D eigenvalue weighted by Gasteiger charge is 2.21. The maximum absolute atomic E-state index is 14.4. The van der Waals surface area contributed by atoms with Crippen molar-refractivity contribution in [1.29, 1.82) is 5.26 Å². The lowest BCUT2D eigenvalue weighted by Gasteiger charge is -2.14. The largest absolute Gasteiger partial charge is 0.481 e. The van der Waals surface area contributed by atoms with E-state index in [1.165, 1.54) is 13.2 Å². The van der Waals surface area contributed by atoms with Gasteiger partial charge in [0.2, 0.25) is 5.88 Å². The van der Waals surface area contributed by atoms with E-state index in [1.807, 2.05) is 22.8 Å². The van der Waals surface area contributed by atoms with Gasteiger partial charge in [0.25, 0.3) is 0 Å². The first kappa shape index (κ1) is 17.9. The first-order valence-electron chi connectivity index (χ1n) is 9.06. The number of nitriles is 1. The molecule has 3 aromatic heterocycles. The summed E-state index contributed by atoms with van der Waals surface area (Å²) in [5, 5.41) is 9.90. The highest BCUT2D eigenvalue weighted by molar-refractivity contribution is 5.87. The van der Waals surface area contributed by atoms with Crippen LogP contribution in [0, 0.1) is 23.0 Å². The van der Waals surface area contributed by atoms with Crippen LogP contribution in [0.5, 0.6) is 5.88 Å². The molecule has 1 aliphatic carbocycles. The predicted molar refractivity (Wildman–Crippen MR) is 107 cm³/mol. The summed E-state index contributed by atoms with van der Waals surface area (Å²) in [6, 6.07) is 7.99. The molecule has 1 aromatic carbocycles. The number of allylic oxidation sites excluding steroid dienone is 4. The third kappa shape index (κ3) is 2.63. The predicted octanol–water partition coefficient (Wildman–Crippen LogP) is 4.14. The summed E-state index contributed by atoms with van der Waals surface area (Å²) in [6.45, 7) is 0.249. The Morgan fingerprint density at radius 1 is 1.17 bits per heavy atom. The van der Waals surface area contributed by atoms with E-state index in [0.29, 0.717) is 33.5 Å². The number of halogens is 2. The van der Waals surface area contributed by atoms with Crippen molar-refractivity contribution < 1.29 is 13.5 Å². The second kappa shape index (κ2) is 6.74. The van der Waals surface area contributed by atoms with Crippen LogP contribution < -0.4 is 4.74 Å². The molecule has 30 heavy (non-hydrogen) atoms. The van der Waals surface area contributed by atoms with Gasteiger partial charge in [-0.15, -0.1) is 0 Å². The third-order valence-corrected chi connectivity index (χ3v) is 5.04. The van der Waals surface area contributed by atoms with Gasteiger partial charge in [-0.2, -0.15) is 5.26 Å². The standard InChI is InChI=1S/C22H13F2N5O/c1-30-17-9-14(15-5-6-16(23)18(24)20(15)27-17)11-29-21(12-3-2-4-12)28-19-13(10-25)7-8-26-22(19)29/h2-9H,11H2,1H3. The number of methoxy groups -OCH3 is 1. The van der Waals surface area contributed by atoms with Crippen molar-refractivity contribution in [3.8, 4) is 11.9 Å². The summed E-state index contributed by atoms with van der Waals surface area (Å²) in [4.78, 5) is 13.1. The molecule has 5 rings (SSSR count). The van der Waals surface area contributed by atoms with Crippen molar-refractivity contribution in [1.82, 2.24) is 19.5 Å². The normalized spacial score (nSPS) is 12.7. The van der Waals surface area contributed by atoms with Crippen molar-refractivity contribution in [2.75, 3.05) is 7.11 Å². The Balaban J connectivity index is 1.76. The summed E-state index contributed by atoms with van der Waals surface area (Å²) in [5.41, 5.74) is 2.86. The molecule has 146 valence electrons. The monoisotopic (exact) mass is 401 g/mol. The highest BCUT2D eigenvalue weighted by Crippen LogP contribution is 2.31. The molecule has 8 heteroatoms. The van der Waals surface area contributed by atoms with E-state index in [0.717, 1.165) is 11.6 Å². The minimum absolute atomic E-state index is 0.108. The number of rotatable bonds is 4. The summed E-state index contributed by atoms with van der Waals surface area (Å²) < 4.78 is 35.3. The van der Waals surface area contributed by atoms with E-state index in [2.05, 4.69) is 21.0 Å². The van der Waals surface area contributed by atoms with Gasteiger partial charge in [-0.1, -0.05) is 18.2 Å². The zero-order valence-electron chi connectivity index (χ0n) is 15.7. The first-order chi connectivity index (χ1) is 14.6. The van der Waals surface area contributed by atoms with Gasteiger partial charge >= 0.3 is 0 Å². The molecule has 1 aliphatic rings. The van der Waals surface area contributed by atoms with Crippen LogP contribution in [0.2, 0.25) is 0 Å². The maximum atomic E-state index is 14.4. The van der Waals surface area contributed by atoms with Gasteiger partial charge in [0, 0.05) is 23.2 Å². The van der Waals surface area contributed by atoms with E-state index in [4.69, 9.17) is 4.74 Å². The molecule has 0 unspecified atom stereocenters. The van der Waals surface area contributed by atoms with Gasteiger partial charge in [-0.25, -0.2) is 23.7 Å². The Morgan fingerprint density at radius 2 is 2.00 bits per heavy atom. The average molecular weight is 401 g/mol. The van der Waals surface area contributed by atoms with Crippen LogP contribution in [0.25, 0.3) is 27.6 Å². The number of imidazole rings is 1. The minimum atomic E-state index is -1.03. The molecule has 0 aliphatic heterocycles.